The molecule has 1 fully saturated rings. The van der Waals surface area contributed by atoms with Gasteiger partial charge >= 0.3 is 5.97 Å². The summed E-state index contributed by atoms with van der Waals surface area (Å²) < 4.78 is 20.7. The van der Waals surface area contributed by atoms with E-state index in [-0.39, 0.29) is 35.1 Å². The third-order valence-corrected chi connectivity index (χ3v) is 7.12. The highest BCUT2D eigenvalue weighted by Crippen LogP contribution is 2.41. The number of carbonyl (C=O) groups excluding carboxylic acids is 1. The van der Waals surface area contributed by atoms with E-state index in [0.29, 0.717) is 28.6 Å². The standard InChI is InChI=1S/C25H19ClFN11O3/c26-16-3-4-35-11-29-17(21(35)20(16)27)6-28-24(39)18-10-37(34-32-18)9-15-8-36-7-14(13-1-2-13)5-19(22(36)31-15)38-12-30-33-23(38)25(40)41/h3-5,7-8,10-13H,1-2,6,9H2,(H,28,39)(H,40,41). The summed E-state index contributed by atoms with van der Waals surface area (Å²) in [6.45, 7) is 0.156. The van der Waals surface area contributed by atoms with Crippen LogP contribution in [-0.2, 0) is 13.1 Å². The Morgan fingerprint density at radius 1 is 1.15 bits per heavy atom. The van der Waals surface area contributed by atoms with Crippen molar-refractivity contribution in [2.45, 2.75) is 31.8 Å². The first-order valence-electron chi connectivity index (χ1n) is 12.5. The molecule has 0 unspecified atom stereocenters. The molecule has 1 aliphatic carbocycles. The lowest BCUT2D eigenvalue weighted by Gasteiger charge is -2.09. The number of carbonyl (C=O) groups is 2. The van der Waals surface area contributed by atoms with Gasteiger partial charge in [-0.3, -0.25) is 9.36 Å². The fourth-order valence-corrected chi connectivity index (χ4v) is 4.86. The Morgan fingerprint density at radius 3 is 2.80 bits per heavy atom. The fraction of sp³-hybridized carbons (Fsp3) is 0.200. The molecule has 0 spiro atoms. The molecular formula is C25H19ClFN11O3. The normalized spacial score (nSPS) is 13.3. The van der Waals surface area contributed by atoms with Gasteiger partial charge in [0.2, 0.25) is 5.82 Å². The molecule has 2 N–H and O–H groups in total. The van der Waals surface area contributed by atoms with Crippen molar-refractivity contribution in [1.82, 2.24) is 53.8 Å². The van der Waals surface area contributed by atoms with Gasteiger partial charge in [-0.25, -0.2) is 23.8 Å². The Hall–Kier alpha value is -5.18. The molecule has 0 atom stereocenters. The van der Waals surface area contributed by atoms with Gasteiger partial charge in [0.1, 0.15) is 11.8 Å². The van der Waals surface area contributed by atoms with Crippen LogP contribution in [-0.4, -0.2) is 65.5 Å². The first-order valence-corrected chi connectivity index (χ1v) is 12.9. The number of hydrogen-bond acceptors (Lipinski definition) is 8. The van der Waals surface area contributed by atoms with Gasteiger partial charge in [-0.15, -0.1) is 15.3 Å². The second kappa shape index (κ2) is 9.48. The first-order chi connectivity index (χ1) is 19.9. The molecule has 6 aromatic heterocycles. The zero-order chi connectivity index (χ0) is 28.2. The Kier molecular flexibility index (Phi) is 5.74. The molecular weight excluding hydrogens is 557 g/mol. The monoisotopic (exact) mass is 575 g/mol. The fourth-order valence-electron chi connectivity index (χ4n) is 4.72. The van der Waals surface area contributed by atoms with Crippen molar-refractivity contribution in [2.75, 3.05) is 0 Å². The third kappa shape index (κ3) is 4.45. The highest BCUT2D eigenvalue weighted by Gasteiger charge is 2.27. The Labute approximate surface area is 234 Å². The van der Waals surface area contributed by atoms with E-state index in [1.54, 1.807) is 6.20 Å². The molecule has 0 radical (unpaired) electrons. The largest absolute Gasteiger partial charge is 0.475 e. The van der Waals surface area contributed by atoms with Gasteiger partial charge < -0.3 is 19.2 Å². The number of amides is 1. The minimum absolute atomic E-state index is 0.0413. The molecule has 6 heterocycles. The van der Waals surface area contributed by atoms with Crippen molar-refractivity contribution >= 4 is 34.6 Å². The van der Waals surface area contributed by atoms with E-state index >= 15 is 0 Å². The maximum Gasteiger partial charge on any atom is 0.374 e. The minimum atomic E-state index is -1.20. The van der Waals surface area contributed by atoms with E-state index in [2.05, 4.69) is 30.8 Å². The van der Waals surface area contributed by atoms with Gasteiger partial charge in [-0.1, -0.05) is 16.8 Å². The van der Waals surface area contributed by atoms with Crippen LogP contribution in [0.5, 0.6) is 0 Å². The molecule has 0 bridgehead atoms. The van der Waals surface area contributed by atoms with Gasteiger partial charge in [0, 0.05) is 18.6 Å². The summed E-state index contributed by atoms with van der Waals surface area (Å²) in [5.74, 6) is -2.15. The molecule has 41 heavy (non-hydrogen) atoms. The lowest BCUT2D eigenvalue weighted by atomic mass is 10.2. The van der Waals surface area contributed by atoms with Crippen molar-refractivity contribution in [1.29, 1.82) is 0 Å². The molecule has 16 heteroatoms. The SMILES string of the molecule is O=C(NCc1ncn2ccc(Cl)c(F)c12)c1cn(Cc2cn3cc(C4CC4)cc(-n4cnnc4C(=O)O)c3n2)nn1. The molecule has 6 aromatic rings. The number of aromatic nitrogens is 10. The van der Waals surface area contributed by atoms with Gasteiger partial charge in [-0.2, -0.15) is 0 Å². The predicted octanol–water partition coefficient (Wildman–Crippen LogP) is 2.50. The smallest absolute Gasteiger partial charge is 0.374 e. The number of imidazole rings is 2. The number of nitrogens with zero attached hydrogens (tertiary/aromatic N) is 10. The molecule has 1 amide bonds. The van der Waals surface area contributed by atoms with E-state index in [0.717, 1.165) is 18.4 Å². The van der Waals surface area contributed by atoms with Crippen LogP contribution in [0.1, 0.15) is 56.8 Å². The van der Waals surface area contributed by atoms with E-state index in [9.17, 15) is 19.1 Å². The second-order valence-electron chi connectivity index (χ2n) is 9.63. The minimum Gasteiger partial charge on any atom is -0.475 e. The number of nitrogens with one attached hydrogen (secondary N) is 1. The Balaban J connectivity index is 1.12. The average molecular weight is 576 g/mol. The van der Waals surface area contributed by atoms with Crippen LogP contribution in [0.25, 0.3) is 16.9 Å². The van der Waals surface area contributed by atoms with E-state index < -0.39 is 17.7 Å². The molecule has 0 saturated heterocycles. The lowest BCUT2D eigenvalue weighted by Crippen LogP contribution is -2.23. The molecule has 0 aromatic carbocycles. The summed E-state index contributed by atoms with van der Waals surface area (Å²) in [7, 11) is 0. The van der Waals surface area contributed by atoms with Crippen molar-refractivity contribution < 1.29 is 19.1 Å². The maximum absolute atomic E-state index is 14.5. The molecule has 206 valence electrons. The van der Waals surface area contributed by atoms with Crippen molar-refractivity contribution in [3.8, 4) is 5.69 Å². The van der Waals surface area contributed by atoms with Crippen LogP contribution < -0.4 is 5.32 Å². The molecule has 0 aliphatic heterocycles. The number of carboxylic acid groups (broad SMARTS) is 1. The van der Waals surface area contributed by atoms with Gasteiger partial charge in [0.15, 0.2) is 17.2 Å². The topological polar surface area (TPSA) is 162 Å². The summed E-state index contributed by atoms with van der Waals surface area (Å²) in [4.78, 5) is 33.3. The maximum atomic E-state index is 14.5. The Morgan fingerprint density at radius 2 is 2.00 bits per heavy atom. The van der Waals surface area contributed by atoms with Crippen molar-refractivity contribution in [3.63, 3.8) is 0 Å². The van der Waals surface area contributed by atoms with Gasteiger partial charge in [0.25, 0.3) is 5.91 Å². The molecule has 14 nitrogen and oxygen atoms in total. The highest BCUT2D eigenvalue weighted by molar-refractivity contribution is 6.31. The summed E-state index contributed by atoms with van der Waals surface area (Å²) in [6, 6.07) is 3.34. The lowest BCUT2D eigenvalue weighted by molar-refractivity contribution is 0.0680. The number of rotatable bonds is 8. The van der Waals surface area contributed by atoms with Crippen LogP contribution in [0, 0.1) is 5.82 Å². The number of pyridine rings is 2. The number of hydrogen-bond donors (Lipinski definition) is 2. The van der Waals surface area contributed by atoms with Crippen LogP contribution in [0.2, 0.25) is 5.02 Å². The summed E-state index contributed by atoms with van der Waals surface area (Å²) in [5.41, 5.74) is 3.29. The zero-order valence-corrected chi connectivity index (χ0v) is 21.8. The second-order valence-corrected chi connectivity index (χ2v) is 10.0. The van der Waals surface area contributed by atoms with Crippen LogP contribution in [0.15, 0.2) is 49.6 Å². The van der Waals surface area contributed by atoms with Crippen molar-refractivity contribution in [3.05, 3.63) is 88.9 Å². The summed E-state index contributed by atoms with van der Waals surface area (Å²) >= 11 is 5.89. The number of aromatic carboxylic acids is 1. The third-order valence-electron chi connectivity index (χ3n) is 6.83. The van der Waals surface area contributed by atoms with Crippen LogP contribution >= 0.6 is 11.6 Å². The molecule has 7 rings (SSSR count). The highest BCUT2D eigenvalue weighted by atomic mass is 35.5. The van der Waals surface area contributed by atoms with Crippen LogP contribution in [0.4, 0.5) is 4.39 Å². The zero-order valence-electron chi connectivity index (χ0n) is 21.0. The summed E-state index contributed by atoms with van der Waals surface area (Å²) in [5, 5.41) is 27.7. The molecule has 1 aliphatic rings. The van der Waals surface area contributed by atoms with Gasteiger partial charge in [0.05, 0.1) is 47.7 Å². The predicted molar refractivity (Wildman–Crippen MR) is 139 cm³/mol. The summed E-state index contributed by atoms with van der Waals surface area (Å²) in [6.07, 6.45) is 11.8. The van der Waals surface area contributed by atoms with E-state index in [4.69, 9.17) is 16.6 Å². The average Bonchev–Trinajstić information content (AvgIpc) is 3.34. The first kappa shape index (κ1) is 24.8. The van der Waals surface area contributed by atoms with Crippen molar-refractivity contribution in [2.24, 2.45) is 0 Å². The van der Waals surface area contributed by atoms with Crippen LogP contribution in [0.3, 0.4) is 0 Å². The quantitative estimate of drug-likeness (QED) is 0.277. The van der Waals surface area contributed by atoms with E-state index in [1.165, 1.54) is 38.6 Å². The number of halogens is 2. The molecule has 1 saturated carbocycles. The number of carboxylic acids is 1. The number of fused-ring (bicyclic) bond motifs is 2. The van der Waals surface area contributed by atoms with Gasteiger partial charge in [-0.05, 0) is 36.5 Å². The van der Waals surface area contributed by atoms with E-state index in [1.807, 2.05) is 22.9 Å². The Bertz CT molecular complexity index is 1990.